The number of nitrogens with zero attached hydrogens (tertiary/aromatic N) is 2. The third-order valence-corrected chi connectivity index (χ3v) is 4.08. The second-order valence-electron chi connectivity index (χ2n) is 5.26. The van der Waals surface area contributed by atoms with E-state index < -0.39 is 5.54 Å². The van der Waals surface area contributed by atoms with Crippen LogP contribution in [-0.2, 0) is 5.54 Å². The lowest BCUT2D eigenvalue weighted by atomic mass is 9.88. The van der Waals surface area contributed by atoms with Crippen LogP contribution in [-0.4, -0.2) is 17.4 Å². The van der Waals surface area contributed by atoms with Crippen LogP contribution >= 0.6 is 0 Å². The lowest BCUT2D eigenvalue weighted by Gasteiger charge is -2.33. The quantitative estimate of drug-likeness (QED) is 0.844. The average molecular weight is 276 g/mol. The number of amides is 1. The molecule has 1 heterocycles. The van der Waals surface area contributed by atoms with E-state index in [-0.39, 0.29) is 5.91 Å². The van der Waals surface area contributed by atoms with Crippen LogP contribution in [0.25, 0.3) is 0 Å². The Bertz CT molecular complexity index is 675. The minimum absolute atomic E-state index is 0.0708. The Kier molecular flexibility index (Phi) is 3.45. The van der Waals surface area contributed by atoms with Gasteiger partial charge in [-0.05, 0) is 30.5 Å². The van der Waals surface area contributed by atoms with Crippen LogP contribution in [0.2, 0.25) is 0 Å². The Labute approximate surface area is 124 Å². The number of hydrogen-bond donors (Lipinski definition) is 0. The molecule has 3 heteroatoms. The number of benzene rings is 2. The van der Waals surface area contributed by atoms with E-state index in [1.54, 1.807) is 17.0 Å². The van der Waals surface area contributed by atoms with Gasteiger partial charge in [0.05, 0.1) is 6.07 Å². The summed E-state index contributed by atoms with van der Waals surface area (Å²) in [6, 6.07) is 21.2. The molecule has 1 saturated heterocycles. The van der Waals surface area contributed by atoms with Gasteiger partial charge in [0.2, 0.25) is 0 Å². The maximum atomic E-state index is 12.8. The molecule has 104 valence electrons. The molecule has 0 N–H and O–H groups in total. The first-order valence-corrected chi connectivity index (χ1v) is 7.12. The molecule has 3 nitrogen and oxygen atoms in total. The monoisotopic (exact) mass is 276 g/mol. The molecular weight excluding hydrogens is 260 g/mol. The van der Waals surface area contributed by atoms with Crippen LogP contribution < -0.4 is 0 Å². The van der Waals surface area contributed by atoms with E-state index in [2.05, 4.69) is 6.07 Å². The van der Waals surface area contributed by atoms with Gasteiger partial charge in [-0.25, -0.2) is 0 Å². The molecule has 1 aliphatic rings. The lowest BCUT2D eigenvalue weighted by molar-refractivity contribution is 0.0670. The number of likely N-dealkylation sites (tertiary alicyclic amines) is 1. The van der Waals surface area contributed by atoms with Crippen LogP contribution in [0.5, 0.6) is 0 Å². The van der Waals surface area contributed by atoms with Crippen molar-refractivity contribution in [2.45, 2.75) is 18.4 Å². The molecule has 1 atom stereocenters. The zero-order valence-electron chi connectivity index (χ0n) is 11.7. The van der Waals surface area contributed by atoms with E-state index in [9.17, 15) is 10.1 Å². The summed E-state index contributed by atoms with van der Waals surface area (Å²) in [5.41, 5.74) is 0.693. The summed E-state index contributed by atoms with van der Waals surface area (Å²) in [6.07, 6.45) is 1.53. The van der Waals surface area contributed by atoms with Crippen molar-refractivity contribution in [1.29, 1.82) is 5.26 Å². The summed E-state index contributed by atoms with van der Waals surface area (Å²) >= 11 is 0. The van der Waals surface area contributed by atoms with Gasteiger partial charge in [0.1, 0.15) is 0 Å². The molecule has 2 aromatic rings. The van der Waals surface area contributed by atoms with Gasteiger partial charge in [-0.2, -0.15) is 5.26 Å². The van der Waals surface area contributed by atoms with Crippen molar-refractivity contribution in [3.05, 3.63) is 71.8 Å². The van der Waals surface area contributed by atoms with Crippen LogP contribution in [0.1, 0.15) is 28.8 Å². The van der Waals surface area contributed by atoms with E-state index in [1.165, 1.54) is 0 Å². The van der Waals surface area contributed by atoms with Crippen LogP contribution in [0, 0.1) is 11.3 Å². The zero-order chi connectivity index (χ0) is 14.7. The van der Waals surface area contributed by atoms with Crippen molar-refractivity contribution in [2.24, 2.45) is 0 Å². The first-order valence-electron chi connectivity index (χ1n) is 7.12. The topological polar surface area (TPSA) is 44.1 Å². The predicted molar refractivity (Wildman–Crippen MR) is 80.4 cm³/mol. The van der Waals surface area contributed by atoms with Gasteiger partial charge in [-0.15, -0.1) is 0 Å². The molecule has 21 heavy (non-hydrogen) atoms. The minimum Gasteiger partial charge on any atom is -0.316 e. The summed E-state index contributed by atoms with van der Waals surface area (Å²) in [6.45, 7) is 0.621. The third-order valence-electron chi connectivity index (χ3n) is 4.08. The van der Waals surface area contributed by atoms with E-state index in [0.29, 0.717) is 18.5 Å². The van der Waals surface area contributed by atoms with Crippen molar-refractivity contribution < 1.29 is 4.79 Å². The lowest BCUT2D eigenvalue weighted by Crippen LogP contribution is -2.44. The zero-order valence-corrected chi connectivity index (χ0v) is 11.7. The minimum atomic E-state index is -0.839. The fourth-order valence-electron chi connectivity index (χ4n) is 3.03. The van der Waals surface area contributed by atoms with Gasteiger partial charge in [0, 0.05) is 12.1 Å². The molecule has 0 aliphatic carbocycles. The maximum absolute atomic E-state index is 12.8. The van der Waals surface area contributed by atoms with Gasteiger partial charge < -0.3 is 4.90 Å². The molecule has 0 saturated carbocycles. The first kappa shape index (κ1) is 13.4. The molecule has 2 aromatic carbocycles. The van der Waals surface area contributed by atoms with Gasteiger partial charge >= 0.3 is 0 Å². The normalized spacial score (nSPS) is 21.0. The van der Waals surface area contributed by atoms with E-state index >= 15 is 0 Å². The first-order chi connectivity index (χ1) is 10.3. The Balaban J connectivity index is 2.02. The van der Waals surface area contributed by atoms with Gasteiger partial charge in [0.25, 0.3) is 5.91 Å². The molecule has 0 aromatic heterocycles. The molecule has 1 aliphatic heterocycles. The fraction of sp³-hybridized carbons (Fsp3) is 0.222. The highest BCUT2D eigenvalue weighted by Gasteiger charge is 2.45. The number of carbonyl (C=O) groups is 1. The Hall–Kier alpha value is -2.60. The third kappa shape index (κ3) is 2.19. The number of nitriles is 1. The van der Waals surface area contributed by atoms with E-state index in [1.807, 2.05) is 48.5 Å². The average Bonchev–Trinajstić information content (AvgIpc) is 3.01. The second kappa shape index (κ2) is 5.41. The van der Waals surface area contributed by atoms with Gasteiger partial charge in [0.15, 0.2) is 5.54 Å². The van der Waals surface area contributed by atoms with Crippen LogP contribution in [0.3, 0.4) is 0 Å². The number of carbonyl (C=O) groups excluding carboxylic acids is 1. The Morgan fingerprint density at radius 2 is 1.67 bits per heavy atom. The second-order valence-corrected chi connectivity index (χ2v) is 5.26. The SMILES string of the molecule is N#C[C@@]1(c2ccccc2)CCCN1C(=O)c1ccccc1. The fourth-order valence-corrected chi connectivity index (χ4v) is 3.03. The summed E-state index contributed by atoms with van der Waals surface area (Å²) in [4.78, 5) is 14.5. The smallest absolute Gasteiger partial charge is 0.255 e. The van der Waals surface area contributed by atoms with Crippen molar-refractivity contribution in [3.8, 4) is 6.07 Å². The molecule has 3 rings (SSSR count). The van der Waals surface area contributed by atoms with Gasteiger partial charge in [-0.3, -0.25) is 4.79 Å². The summed E-state index contributed by atoms with van der Waals surface area (Å²) in [5, 5.41) is 9.79. The van der Waals surface area contributed by atoms with Gasteiger partial charge in [-0.1, -0.05) is 48.5 Å². The number of rotatable bonds is 2. The maximum Gasteiger partial charge on any atom is 0.255 e. The van der Waals surface area contributed by atoms with Crippen LogP contribution in [0.4, 0.5) is 0 Å². The summed E-state index contributed by atoms with van der Waals surface area (Å²) < 4.78 is 0. The van der Waals surface area contributed by atoms with Crippen molar-refractivity contribution in [1.82, 2.24) is 4.90 Å². The molecule has 0 unspecified atom stereocenters. The van der Waals surface area contributed by atoms with E-state index in [0.717, 1.165) is 12.0 Å². The molecule has 1 amide bonds. The predicted octanol–water partition coefficient (Wildman–Crippen LogP) is 3.34. The molecule has 0 radical (unpaired) electrons. The number of hydrogen-bond acceptors (Lipinski definition) is 2. The standard InChI is InChI=1S/C18H16N2O/c19-14-18(16-10-5-2-6-11-16)12-7-13-20(18)17(21)15-8-3-1-4-9-15/h1-6,8-11H,7,12-13H2/t18-/m1/s1. The molecule has 1 fully saturated rings. The largest absolute Gasteiger partial charge is 0.316 e. The summed E-state index contributed by atoms with van der Waals surface area (Å²) in [5.74, 6) is -0.0708. The van der Waals surface area contributed by atoms with Crippen LogP contribution in [0.15, 0.2) is 60.7 Å². The Morgan fingerprint density at radius 1 is 1.05 bits per heavy atom. The highest BCUT2D eigenvalue weighted by atomic mass is 16.2. The summed E-state index contributed by atoms with van der Waals surface area (Å²) in [7, 11) is 0. The van der Waals surface area contributed by atoms with Crippen molar-refractivity contribution >= 4 is 5.91 Å². The molecular formula is C18H16N2O. The molecule has 0 spiro atoms. The Morgan fingerprint density at radius 3 is 2.29 bits per heavy atom. The highest BCUT2D eigenvalue weighted by Crippen LogP contribution is 2.39. The van der Waals surface area contributed by atoms with E-state index in [4.69, 9.17) is 0 Å². The van der Waals surface area contributed by atoms with Crippen molar-refractivity contribution in [3.63, 3.8) is 0 Å². The van der Waals surface area contributed by atoms with Crippen molar-refractivity contribution in [2.75, 3.05) is 6.54 Å². The molecule has 0 bridgehead atoms. The highest BCUT2D eigenvalue weighted by molar-refractivity contribution is 5.95.